The maximum Gasteiger partial charge on any atom is 0.131 e. The monoisotopic (exact) mass is 256 g/mol. The lowest BCUT2D eigenvalue weighted by molar-refractivity contribution is 0.302. The lowest BCUT2D eigenvalue weighted by atomic mass is 10.3. The number of nitrogens with zero attached hydrogens (tertiary/aromatic N) is 4. The van der Waals surface area contributed by atoms with Crippen molar-refractivity contribution < 1.29 is 0 Å². The minimum atomic E-state index is 0.963. The van der Waals surface area contributed by atoms with Crippen molar-refractivity contribution in [2.45, 2.75) is 0 Å². The molecule has 0 N–H and O–H groups in total. The van der Waals surface area contributed by atoms with Crippen LogP contribution in [-0.4, -0.2) is 46.5 Å². The highest BCUT2D eigenvalue weighted by molar-refractivity contribution is 9.09. The number of aromatic nitrogens is 2. The molecule has 0 amide bonds. The molecule has 1 saturated heterocycles. The molecule has 2 heterocycles. The first-order valence-electron chi connectivity index (χ1n) is 4.69. The summed E-state index contributed by atoms with van der Waals surface area (Å²) >= 11 is 3.47. The van der Waals surface area contributed by atoms with Crippen LogP contribution in [-0.2, 0) is 0 Å². The number of halogens is 1. The Morgan fingerprint density at radius 1 is 1.29 bits per heavy atom. The number of rotatable bonds is 2. The first kappa shape index (κ1) is 9.86. The fourth-order valence-corrected chi connectivity index (χ4v) is 2.07. The Morgan fingerprint density at radius 3 is 2.64 bits per heavy atom. The summed E-state index contributed by atoms with van der Waals surface area (Å²) < 4.78 is 0. The quantitative estimate of drug-likeness (QED) is 0.583. The van der Waals surface area contributed by atoms with Crippen molar-refractivity contribution in [3.05, 3.63) is 18.6 Å². The summed E-state index contributed by atoms with van der Waals surface area (Å²) in [5, 5.41) is 0. The number of anilines is 1. The zero-order valence-electron chi connectivity index (χ0n) is 7.93. The molecule has 0 aromatic carbocycles. The maximum atomic E-state index is 4.24. The van der Waals surface area contributed by atoms with E-state index in [2.05, 4.69) is 35.7 Å². The molecule has 1 aromatic heterocycles. The van der Waals surface area contributed by atoms with Crippen molar-refractivity contribution in [1.29, 1.82) is 0 Å². The second kappa shape index (κ2) is 4.70. The van der Waals surface area contributed by atoms with Crippen molar-refractivity contribution in [1.82, 2.24) is 14.9 Å². The van der Waals surface area contributed by atoms with Gasteiger partial charge in [-0.3, -0.25) is 4.90 Å². The van der Waals surface area contributed by atoms with E-state index in [4.69, 9.17) is 0 Å². The molecule has 14 heavy (non-hydrogen) atoms. The molecule has 0 atom stereocenters. The molecule has 1 aliphatic heterocycles. The third-order valence-corrected chi connectivity index (χ3v) is 3.14. The summed E-state index contributed by atoms with van der Waals surface area (Å²) in [4.78, 5) is 12.8. The van der Waals surface area contributed by atoms with Crippen LogP contribution < -0.4 is 4.90 Å². The maximum absolute atomic E-state index is 4.24. The predicted molar refractivity (Wildman–Crippen MR) is 59.6 cm³/mol. The van der Waals surface area contributed by atoms with Crippen LogP contribution in [0.4, 0.5) is 5.82 Å². The largest absolute Gasteiger partial charge is 0.354 e. The summed E-state index contributed by atoms with van der Waals surface area (Å²) in [5.41, 5.74) is 0.963. The molecule has 0 saturated carbocycles. The van der Waals surface area contributed by atoms with Crippen molar-refractivity contribution >= 4 is 21.7 Å². The van der Waals surface area contributed by atoms with Gasteiger partial charge in [-0.25, -0.2) is 9.97 Å². The Kier molecular flexibility index (Phi) is 3.31. The highest BCUT2D eigenvalue weighted by atomic mass is 79.9. The van der Waals surface area contributed by atoms with Crippen LogP contribution in [0.25, 0.3) is 0 Å². The number of hydrogen-bond acceptors (Lipinski definition) is 4. The molecular weight excluding hydrogens is 244 g/mol. The van der Waals surface area contributed by atoms with Gasteiger partial charge in [0, 0.05) is 32.4 Å². The van der Waals surface area contributed by atoms with E-state index in [0.29, 0.717) is 0 Å². The Morgan fingerprint density at radius 2 is 2.07 bits per heavy atom. The zero-order valence-corrected chi connectivity index (χ0v) is 9.52. The van der Waals surface area contributed by atoms with Crippen LogP contribution in [0, 0.1) is 0 Å². The molecule has 76 valence electrons. The number of piperazine rings is 1. The van der Waals surface area contributed by atoms with E-state index < -0.39 is 0 Å². The molecule has 0 unspecified atom stereocenters. The van der Waals surface area contributed by atoms with E-state index in [9.17, 15) is 0 Å². The normalized spacial score (nSPS) is 18.5. The molecule has 0 spiro atoms. The van der Waals surface area contributed by atoms with Gasteiger partial charge in [-0.2, -0.15) is 0 Å². The summed E-state index contributed by atoms with van der Waals surface area (Å²) in [5.74, 6) is 1.04. The summed E-state index contributed by atoms with van der Waals surface area (Å²) in [6, 6.07) is 1.96. The van der Waals surface area contributed by atoms with Crippen molar-refractivity contribution in [3.63, 3.8) is 0 Å². The second-order valence-corrected chi connectivity index (χ2v) is 3.79. The molecule has 1 aliphatic rings. The Balaban J connectivity index is 1.96. The molecule has 1 aromatic rings. The van der Waals surface area contributed by atoms with Gasteiger partial charge in [-0.15, -0.1) is 0 Å². The fraction of sp³-hybridized carbons (Fsp3) is 0.556. The van der Waals surface area contributed by atoms with Gasteiger partial charge in [0.15, 0.2) is 0 Å². The van der Waals surface area contributed by atoms with Crippen LogP contribution in [0.5, 0.6) is 0 Å². The minimum absolute atomic E-state index is 0.963. The molecule has 0 radical (unpaired) electrons. The van der Waals surface area contributed by atoms with Gasteiger partial charge in [-0.1, -0.05) is 15.9 Å². The van der Waals surface area contributed by atoms with E-state index in [-0.39, 0.29) is 0 Å². The van der Waals surface area contributed by atoms with E-state index in [1.54, 1.807) is 12.5 Å². The Hall–Kier alpha value is -0.680. The fourth-order valence-electron chi connectivity index (χ4n) is 1.57. The lowest BCUT2D eigenvalue weighted by Crippen LogP contribution is -2.46. The predicted octanol–water partition coefficient (Wildman–Crippen LogP) is 0.951. The lowest BCUT2D eigenvalue weighted by Gasteiger charge is -2.34. The van der Waals surface area contributed by atoms with Crippen LogP contribution in [0.3, 0.4) is 0 Å². The standard InChI is InChI=1S/C9H13BrN4/c10-7-13-3-5-14(6-4-13)9-1-2-11-8-12-9/h1-2,8H,3-7H2. The third-order valence-electron chi connectivity index (χ3n) is 2.43. The van der Waals surface area contributed by atoms with Crippen molar-refractivity contribution in [2.24, 2.45) is 0 Å². The van der Waals surface area contributed by atoms with E-state index in [0.717, 1.165) is 37.5 Å². The third kappa shape index (κ3) is 2.22. The molecule has 2 rings (SSSR count). The van der Waals surface area contributed by atoms with Gasteiger partial charge < -0.3 is 4.90 Å². The molecule has 1 fully saturated rings. The highest BCUT2D eigenvalue weighted by Crippen LogP contribution is 2.11. The van der Waals surface area contributed by atoms with Gasteiger partial charge >= 0.3 is 0 Å². The van der Waals surface area contributed by atoms with Crippen LogP contribution in [0.2, 0.25) is 0 Å². The smallest absolute Gasteiger partial charge is 0.131 e. The van der Waals surface area contributed by atoms with Crippen LogP contribution in [0.15, 0.2) is 18.6 Å². The number of hydrogen-bond donors (Lipinski definition) is 0. The Bertz CT molecular complexity index is 271. The van der Waals surface area contributed by atoms with E-state index in [1.165, 1.54) is 0 Å². The average Bonchev–Trinajstić information content (AvgIpc) is 2.30. The molecule has 5 heteroatoms. The van der Waals surface area contributed by atoms with E-state index >= 15 is 0 Å². The first-order valence-corrected chi connectivity index (χ1v) is 5.81. The highest BCUT2D eigenvalue weighted by Gasteiger charge is 2.16. The first-order chi connectivity index (χ1) is 6.90. The van der Waals surface area contributed by atoms with E-state index in [1.807, 2.05) is 6.07 Å². The summed E-state index contributed by atoms with van der Waals surface area (Å²) in [6.45, 7) is 4.27. The summed E-state index contributed by atoms with van der Waals surface area (Å²) in [6.07, 6.45) is 3.39. The van der Waals surface area contributed by atoms with Gasteiger partial charge in [-0.05, 0) is 6.07 Å². The SMILES string of the molecule is BrCN1CCN(c2ccncn2)CC1. The van der Waals surface area contributed by atoms with Crippen LogP contribution in [0.1, 0.15) is 0 Å². The van der Waals surface area contributed by atoms with Crippen molar-refractivity contribution in [2.75, 3.05) is 36.5 Å². The minimum Gasteiger partial charge on any atom is -0.354 e. The number of alkyl halides is 1. The van der Waals surface area contributed by atoms with Gasteiger partial charge in [0.1, 0.15) is 12.1 Å². The second-order valence-electron chi connectivity index (χ2n) is 3.29. The van der Waals surface area contributed by atoms with Crippen LogP contribution >= 0.6 is 15.9 Å². The van der Waals surface area contributed by atoms with Gasteiger partial charge in [0.25, 0.3) is 0 Å². The molecule has 4 nitrogen and oxygen atoms in total. The average molecular weight is 257 g/mol. The molecule has 0 bridgehead atoms. The zero-order chi connectivity index (χ0) is 9.80. The summed E-state index contributed by atoms with van der Waals surface area (Å²) in [7, 11) is 0. The van der Waals surface area contributed by atoms with Gasteiger partial charge in [0.2, 0.25) is 0 Å². The topological polar surface area (TPSA) is 32.3 Å². The Labute approximate surface area is 92.1 Å². The molecular formula is C9H13BrN4. The molecule has 0 aliphatic carbocycles. The van der Waals surface area contributed by atoms with Crippen molar-refractivity contribution in [3.8, 4) is 0 Å². The van der Waals surface area contributed by atoms with Gasteiger partial charge in [0.05, 0.1) is 5.45 Å².